The van der Waals surface area contributed by atoms with Crippen molar-refractivity contribution >= 4 is 35.4 Å². The standard InChI is InChI=1S/C39H50N4.4BrH.2Ni/c1-11-42(36-17-13-15-19-40-36)38-32(26(3)4)22-30(23-33(38)27(5)6)21-31-24-34(28(7)8)39(35(25-31)29(9)10)43(12-2)37-18-14-16-20-41-37;;;;;;/h11-20,22-29H,21H2,1-10H3;4*1H;;/q+2;;;;;;/p-4. The molecule has 0 aliphatic heterocycles. The third-order valence-electron chi connectivity index (χ3n) is 8.14. The number of pyridine rings is 2. The predicted molar refractivity (Wildman–Crippen MR) is 187 cm³/mol. The summed E-state index contributed by atoms with van der Waals surface area (Å²) in [5.74, 6) is 3.36. The van der Waals surface area contributed by atoms with Crippen molar-refractivity contribution in [2.24, 2.45) is 0 Å². The zero-order valence-electron chi connectivity index (χ0n) is 30.0. The molecule has 0 fully saturated rings. The summed E-state index contributed by atoms with van der Waals surface area (Å²) in [6.45, 7) is 22.6. The molecule has 0 radical (unpaired) electrons. The summed E-state index contributed by atoms with van der Waals surface area (Å²) in [6, 6.07) is 22.0. The van der Waals surface area contributed by atoms with E-state index in [1.54, 1.807) is 0 Å². The monoisotopic (exact) mass is 1010 g/mol. The fourth-order valence-corrected chi connectivity index (χ4v) is 5.99. The minimum Gasteiger partial charge on any atom is -1.00 e. The van der Waals surface area contributed by atoms with Crippen LogP contribution in [0.4, 0.5) is 23.0 Å². The van der Waals surface area contributed by atoms with Crippen molar-refractivity contribution in [1.29, 1.82) is 0 Å². The molecule has 276 valence electrons. The second-order valence-corrected chi connectivity index (χ2v) is 12.7. The molecule has 0 atom stereocenters. The summed E-state index contributed by atoms with van der Waals surface area (Å²) >= 11 is 0. The molecule has 0 N–H and O–H groups in total. The summed E-state index contributed by atoms with van der Waals surface area (Å²) in [7, 11) is 0. The van der Waals surface area contributed by atoms with Crippen LogP contribution in [0.5, 0.6) is 0 Å². The zero-order valence-corrected chi connectivity index (χ0v) is 38.4. The van der Waals surface area contributed by atoms with Gasteiger partial charge in [-0.3, -0.25) is 0 Å². The van der Waals surface area contributed by atoms with E-state index in [-0.39, 0.29) is 101 Å². The second-order valence-electron chi connectivity index (χ2n) is 12.7. The van der Waals surface area contributed by atoms with Crippen molar-refractivity contribution < 1.29 is 101 Å². The number of halogens is 4. The van der Waals surface area contributed by atoms with Gasteiger partial charge in [-0.25, -0.2) is 9.15 Å². The van der Waals surface area contributed by atoms with E-state index in [9.17, 15) is 0 Å². The first-order valence-corrected chi connectivity index (χ1v) is 15.9. The fourth-order valence-electron chi connectivity index (χ4n) is 5.99. The van der Waals surface area contributed by atoms with Gasteiger partial charge in [0.05, 0.1) is 12.4 Å². The SMILES string of the molecule is CC=[N+](c1ccccn1)c1c(C(C)C)cc(Cc2cc(C(C)C)c([N+](=CC)c3ccccn3)c(C(C)C)c2)cc1C(C)C.[Br-].[Br-].[Br-].[Br-].[Ni].[Ni]. The maximum Gasteiger partial charge on any atom is 0.327 e. The first kappa shape index (κ1) is 52.3. The number of aromatic nitrogens is 2. The average Bonchev–Trinajstić information content (AvgIpc) is 2.99. The molecule has 0 saturated heterocycles. The molecular formula is C39H50Br4N4Ni2-2. The van der Waals surface area contributed by atoms with Gasteiger partial charge in [0.15, 0.2) is 0 Å². The molecule has 10 heteroatoms. The maximum atomic E-state index is 4.70. The van der Waals surface area contributed by atoms with E-state index < -0.39 is 0 Å². The number of rotatable bonds is 10. The Bertz CT molecular complexity index is 1450. The van der Waals surface area contributed by atoms with Crippen LogP contribution in [0.2, 0.25) is 0 Å². The van der Waals surface area contributed by atoms with Crippen molar-refractivity contribution in [3.8, 4) is 0 Å². The smallest absolute Gasteiger partial charge is 0.327 e. The van der Waals surface area contributed by atoms with E-state index in [0.29, 0.717) is 23.7 Å². The Balaban J connectivity index is -0.00000353. The van der Waals surface area contributed by atoms with Gasteiger partial charge in [-0.05, 0) is 77.2 Å². The van der Waals surface area contributed by atoms with Crippen LogP contribution in [-0.2, 0) is 39.4 Å². The maximum absolute atomic E-state index is 4.70. The van der Waals surface area contributed by atoms with Gasteiger partial charge >= 0.3 is 11.6 Å². The number of benzene rings is 2. The van der Waals surface area contributed by atoms with Crippen molar-refractivity contribution in [3.05, 3.63) is 106 Å². The Morgan fingerprint density at radius 1 is 0.510 bits per heavy atom. The van der Waals surface area contributed by atoms with Crippen LogP contribution in [0.3, 0.4) is 0 Å². The molecular weight excluding hydrogens is 961 g/mol. The molecule has 0 saturated carbocycles. The molecule has 4 rings (SSSR count). The first-order chi connectivity index (χ1) is 20.6. The number of hydrogen-bond acceptors (Lipinski definition) is 2. The van der Waals surface area contributed by atoms with Gasteiger partial charge in [0.2, 0.25) is 0 Å². The van der Waals surface area contributed by atoms with Gasteiger partial charge in [-0.15, -0.1) is 0 Å². The van der Waals surface area contributed by atoms with E-state index in [4.69, 9.17) is 9.97 Å². The molecule has 2 aromatic heterocycles. The van der Waals surface area contributed by atoms with Crippen LogP contribution in [0, 0.1) is 0 Å². The Morgan fingerprint density at radius 3 is 1.00 bits per heavy atom. The molecule has 4 nitrogen and oxygen atoms in total. The summed E-state index contributed by atoms with van der Waals surface area (Å²) in [6.07, 6.45) is 8.93. The van der Waals surface area contributed by atoms with E-state index in [1.807, 2.05) is 24.5 Å². The van der Waals surface area contributed by atoms with Crippen LogP contribution in [-0.4, -0.2) is 22.4 Å². The Morgan fingerprint density at radius 2 is 0.796 bits per heavy atom. The normalized spacial score (nSPS) is 11.1. The molecule has 2 aromatic carbocycles. The minimum atomic E-state index is 0. The molecule has 0 unspecified atom stereocenters. The third kappa shape index (κ3) is 12.6. The Labute approximate surface area is 358 Å². The molecule has 0 bridgehead atoms. The zero-order chi connectivity index (χ0) is 31.3. The van der Waals surface area contributed by atoms with E-state index in [0.717, 1.165) is 18.1 Å². The van der Waals surface area contributed by atoms with Crippen LogP contribution in [0.15, 0.2) is 73.1 Å². The second kappa shape index (κ2) is 24.3. The van der Waals surface area contributed by atoms with Crippen molar-refractivity contribution in [3.63, 3.8) is 0 Å². The first-order valence-electron chi connectivity index (χ1n) is 15.9. The van der Waals surface area contributed by atoms with Crippen LogP contribution in [0.25, 0.3) is 0 Å². The molecule has 0 spiro atoms. The quantitative estimate of drug-likeness (QED) is 0.109. The summed E-state index contributed by atoms with van der Waals surface area (Å²) in [5.41, 5.74) is 10.7. The van der Waals surface area contributed by atoms with Crippen molar-refractivity contribution in [1.82, 2.24) is 19.1 Å². The summed E-state index contributed by atoms with van der Waals surface area (Å²) < 4.78 is 4.54. The summed E-state index contributed by atoms with van der Waals surface area (Å²) in [5, 5.41) is 0. The van der Waals surface area contributed by atoms with Gasteiger partial charge < -0.3 is 67.9 Å². The largest absolute Gasteiger partial charge is 1.00 e. The molecule has 0 amide bonds. The molecule has 4 aromatic rings. The van der Waals surface area contributed by atoms with E-state index in [2.05, 4.69) is 139 Å². The third-order valence-corrected chi connectivity index (χ3v) is 8.14. The van der Waals surface area contributed by atoms with E-state index >= 15 is 0 Å². The average molecular weight is 1010 g/mol. The molecule has 49 heavy (non-hydrogen) atoms. The molecule has 0 aliphatic rings. The predicted octanol–water partition coefficient (Wildman–Crippen LogP) is -1.58. The van der Waals surface area contributed by atoms with Gasteiger partial charge in [-0.2, -0.15) is 0 Å². The van der Waals surface area contributed by atoms with Crippen LogP contribution >= 0.6 is 0 Å². The minimum absolute atomic E-state index is 0. The molecule has 2 heterocycles. The number of nitrogens with zero attached hydrogens (tertiary/aromatic N) is 4. The van der Waals surface area contributed by atoms with Crippen LogP contribution < -0.4 is 77.1 Å². The fraction of sp³-hybridized carbons (Fsp3) is 0.385. The van der Waals surface area contributed by atoms with Crippen LogP contribution in [0.1, 0.15) is 126 Å². The molecule has 0 aliphatic carbocycles. The van der Waals surface area contributed by atoms with Crippen molar-refractivity contribution in [2.45, 2.75) is 99.3 Å². The summed E-state index contributed by atoms with van der Waals surface area (Å²) in [4.78, 5) is 9.41. The van der Waals surface area contributed by atoms with Gasteiger partial charge in [-0.1, -0.05) is 91.8 Å². The Hall–Kier alpha value is -1.01. The van der Waals surface area contributed by atoms with Gasteiger partial charge in [0, 0.05) is 67.4 Å². The number of hydrogen-bond donors (Lipinski definition) is 0. The van der Waals surface area contributed by atoms with E-state index in [1.165, 1.54) is 44.8 Å². The topological polar surface area (TPSA) is 31.8 Å². The van der Waals surface area contributed by atoms with Crippen molar-refractivity contribution in [2.75, 3.05) is 0 Å². The Kier molecular flexibility index (Phi) is 25.9. The van der Waals surface area contributed by atoms with Gasteiger partial charge in [0.1, 0.15) is 23.8 Å². The van der Waals surface area contributed by atoms with Gasteiger partial charge in [0.25, 0.3) is 0 Å².